The molecule has 0 spiro atoms. The van der Waals surface area contributed by atoms with Crippen molar-refractivity contribution in [1.29, 1.82) is 0 Å². The average Bonchev–Trinajstić information content (AvgIpc) is 2.91. The van der Waals surface area contributed by atoms with Crippen molar-refractivity contribution in [2.45, 2.75) is 19.0 Å². The van der Waals surface area contributed by atoms with Crippen LogP contribution in [0.4, 0.5) is 0 Å². The van der Waals surface area contributed by atoms with Crippen molar-refractivity contribution in [3.8, 4) is 0 Å². The van der Waals surface area contributed by atoms with Gasteiger partial charge in [-0.25, -0.2) is 4.79 Å². The zero-order valence-electron chi connectivity index (χ0n) is 11.9. The SMILES string of the molecule is COC(=O)C(NC(C)c1ccnn1C)c1ccccc1. The maximum atomic E-state index is 12.0. The van der Waals surface area contributed by atoms with Gasteiger partial charge >= 0.3 is 5.97 Å². The van der Waals surface area contributed by atoms with Crippen LogP contribution in [0, 0.1) is 0 Å². The van der Waals surface area contributed by atoms with Crippen molar-refractivity contribution >= 4 is 5.97 Å². The summed E-state index contributed by atoms with van der Waals surface area (Å²) in [6.45, 7) is 2.00. The van der Waals surface area contributed by atoms with Crippen molar-refractivity contribution in [3.05, 3.63) is 53.9 Å². The summed E-state index contributed by atoms with van der Waals surface area (Å²) in [5.41, 5.74) is 1.89. The second-order valence-corrected chi connectivity index (χ2v) is 4.63. The van der Waals surface area contributed by atoms with E-state index in [1.165, 1.54) is 7.11 Å². The van der Waals surface area contributed by atoms with Gasteiger partial charge < -0.3 is 4.74 Å². The molecule has 1 heterocycles. The first-order valence-electron chi connectivity index (χ1n) is 6.50. The second kappa shape index (κ2) is 6.34. The summed E-state index contributed by atoms with van der Waals surface area (Å²) in [5, 5.41) is 7.44. The van der Waals surface area contributed by atoms with Crippen LogP contribution in [-0.4, -0.2) is 22.9 Å². The van der Waals surface area contributed by atoms with E-state index in [0.29, 0.717) is 0 Å². The highest BCUT2D eigenvalue weighted by molar-refractivity contribution is 5.77. The number of ether oxygens (including phenoxy) is 1. The van der Waals surface area contributed by atoms with Gasteiger partial charge in [0.1, 0.15) is 6.04 Å². The van der Waals surface area contributed by atoms with Crippen LogP contribution in [0.15, 0.2) is 42.6 Å². The molecule has 20 heavy (non-hydrogen) atoms. The van der Waals surface area contributed by atoms with Gasteiger partial charge in [-0.05, 0) is 18.6 Å². The van der Waals surface area contributed by atoms with Crippen molar-refractivity contribution < 1.29 is 9.53 Å². The number of hydrogen-bond donors (Lipinski definition) is 1. The number of nitrogens with one attached hydrogen (secondary N) is 1. The third kappa shape index (κ3) is 3.05. The Morgan fingerprint density at radius 3 is 2.55 bits per heavy atom. The van der Waals surface area contributed by atoms with Crippen LogP contribution in [0.3, 0.4) is 0 Å². The molecule has 0 radical (unpaired) electrons. The lowest BCUT2D eigenvalue weighted by Crippen LogP contribution is -2.32. The van der Waals surface area contributed by atoms with E-state index < -0.39 is 6.04 Å². The normalized spacial score (nSPS) is 13.8. The summed E-state index contributed by atoms with van der Waals surface area (Å²) in [6.07, 6.45) is 1.74. The van der Waals surface area contributed by atoms with Gasteiger partial charge in [0.2, 0.25) is 0 Å². The fraction of sp³-hybridized carbons (Fsp3) is 0.333. The first-order chi connectivity index (χ1) is 9.63. The van der Waals surface area contributed by atoms with E-state index in [9.17, 15) is 4.79 Å². The highest BCUT2D eigenvalue weighted by Gasteiger charge is 2.24. The number of carbonyl (C=O) groups excluding carboxylic acids is 1. The molecule has 2 aromatic rings. The quantitative estimate of drug-likeness (QED) is 0.846. The number of aromatic nitrogens is 2. The molecule has 2 atom stereocenters. The number of nitrogens with zero attached hydrogens (tertiary/aromatic N) is 2. The molecule has 5 nitrogen and oxygen atoms in total. The van der Waals surface area contributed by atoms with E-state index in [1.54, 1.807) is 10.9 Å². The largest absolute Gasteiger partial charge is 0.468 e. The van der Waals surface area contributed by atoms with Crippen LogP contribution in [-0.2, 0) is 16.6 Å². The van der Waals surface area contributed by atoms with E-state index in [1.807, 2.05) is 50.4 Å². The third-order valence-electron chi connectivity index (χ3n) is 3.29. The Balaban J connectivity index is 2.21. The maximum absolute atomic E-state index is 12.0. The number of hydrogen-bond acceptors (Lipinski definition) is 4. The Hall–Kier alpha value is -2.14. The standard InChI is InChI=1S/C15H19N3O2/c1-11(13-9-10-16-18(13)2)17-14(15(19)20-3)12-7-5-4-6-8-12/h4-11,14,17H,1-3H3. The Bertz CT molecular complexity index is 566. The Kier molecular flexibility index (Phi) is 4.53. The van der Waals surface area contributed by atoms with Gasteiger partial charge in [-0.15, -0.1) is 0 Å². The lowest BCUT2D eigenvalue weighted by atomic mass is 10.1. The summed E-state index contributed by atoms with van der Waals surface area (Å²) < 4.78 is 6.68. The number of methoxy groups -OCH3 is 1. The van der Waals surface area contributed by atoms with E-state index in [0.717, 1.165) is 11.3 Å². The summed E-state index contributed by atoms with van der Waals surface area (Å²) >= 11 is 0. The summed E-state index contributed by atoms with van der Waals surface area (Å²) in [4.78, 5) is 12.0. The van der Waals surface area contributed by atoms with Crippen molar-refractivity contribution in [2.75, 3.05) is 7.11 Å². The molecule has 2 unspecified atom stereocenters. The number of aryl methyl sites for hydroxylation is 1. The first kappa shape index (κ1) is 14.3. The lowest BCUT2D eigenvalue weighted by Gasteiger charge is -2.22. The highest BCUT2D eigenvalue weighted by atomic mass is 16.5. The van der Waals surface area contributed by atoms with E-state index in [2.05, 4.69) is 10.4 Å². The molecule has 2 rings (SSSR count). The maximum Gasteiger partial charge on any atom is 0.327 e. The molecule has 0 aliphatic rings. The fourth-order valence-corrected chi connectivity index (χ4v) is 2.21. The number of rotatable bonds is 5. The average molecular weight is 273 g/mol. The minimum atomic E-state index is -0.494. The third-order valence-corrected chi connectivity index (χ3v) is 3.29. The van der Waals surface area contributed by atoms with Gasteiger partial charge in [0, 0.05) is 19.3 Å². The molecule has 0 aliphatic heterocycles. The fourth-order valence-electron chi connectivity index (χ4n) is 2.21. The predicted molar refractivity (Wildman–Crippen MR) is 76.0 cm³/mol. The van der Waals surface area contributed by atoms with Crippen LogP contribution in [0.1, 0.15) is 30.3 Å². The Labute approximate surface area is 118 Å². The summed E-state index contributed by atoms with van der Waals surface area (Å²) in [5.74, 6) is -0.301. The van der Waals surface area contributed by atoms with Crippen LogP contribution in [0.25, 0.3) is 0 Å². The molecule has 1 aromatic heterocycles. The second-order valence-electron chi connectivity index (χ2n) is 4.63. The smallest absolute Gasteiger partial charge is 0.327 e. The molecular formula is C15H19N3O2. The molecule has 1 N–H and O–H groups in total. The minimum Gasteiger partial charge on any atom is -0.468 e. The molecule has 0 saturated carbocycles. The molecule has 0 amide bonds. The van der Waals surface area contributed by atoms with Gasteiger partial charge in [-0.3, -0.25) is 10.00 Å². The van der Waals surface area contributed by atoms with E-state index >= 15 is 0 Å². The van der Waals surface area contributed by atoms with Crippen LogP contribution in [0.5, 0.6) is 0 Å². The van der Waals surface area contributed by atoms with E-state index in [4.69, 9.17) is 4.74 Å². The first-order valence-corrected chi connectivity index (χ1v) is 6.50. The minimum absolute atomic E-state index is 0.0215. The van der Waals surface area contributed by atoms with Crippen LogP contribution >= 0.6 is 0 Å². The molecule has 0 aliphatic carbocycles. The lowest BCUT2D eigenvalue weighted by molar-refractivity contribution is -0.143. The summed E-state index contributed by atoms with van der Waals surface area (Å²) in [6, 6.07) is 11.0. The molecule has 0 saturated heterocycles. The highest BCUT2D eigenvalue weighted by Crippen LogP contribution is 2.20. The molecule has 1 aromatic carbocycles. The Morgan fingerprint density at radius 2 is 2.00 bits per heavy atom. The Morgan fingerprint density at radius 1 is 1.30 bits per heavy atom. The van der Waals surface area contributed by atoms with Gasteiger partial charge in [-0.2, -0.15) is 5.10 Å². The van der Waals surface area contributed by atoms with E-state index in [-0.39, 0.29) is 12.0 Å². The van der Waals surface area contributed by atoms with Gasteiger partial charge in [-0.1, -0.05) is 30.3 Å². The predicted octanol–water partition coefficient (Wildman–Crippen LogP) is 1.98. The van der Waals surface area contributed by atoms with Crippen LogP contribution < -0.4 is 5.32 Å². The topological polar surface area (TPSA) is 56.1 Å². The molecule has 0 bridgehead atoms. The number of esters is 1. The molecule has 5 heteroatoms. The molecule has 0 fully saturated rings. The number of carbonyl (C=O) groups is 1. The van der Waals surface area contributed by atoms with Gasteiger partial charge in [0.05, 0.1) is 12.8 Å². The number of benzene rings is 1. The summed E-state index contributed by atoms with van der Waals surface area (Å²) in [7, 11) is 3.28. The molecular weight excluding hydrogens is 254 g/mol. The molecule has 106 valence electrons. The van der Waals surface area contributed by atoms with Gasteiger partial charge in [0.25, 0.3) is 0 Å². The zero-order valence-corrected chi connectivity index (χ0v) is 11.9. The van der Waals surface area contributed by atoms with Crippen molar-refractivity contribution in [3.63, 3.8) is 0 Å². The van der Waals surface area contributed by atoms with Crippen LogP contribution in [0.2, 0.25) is 0 Å². The zero-order chi connectivity index (χ0) is 14.5. The van der Waals surface area contributed by atoms with Gasteiger partial charge in [0.15, 0.2) is 0 Å². The van der Waals surface area contributed by atoms with Crippen molar-refractivity contribution in [1.82, 2.24) is 15.1 Å². The van der Waals surface area contributed by atoms with Crippen molar-refractivity contribution in [2.24, 2.45) is 7.05 Å². The monoisotopic (exact) mass is 273 g/mol.